The molecule has 0 radical (unpaired) electrons. The van der Waals surface area contributed by atoms with Crippen molar-refractivity contribution in [3.05, 3.63) is 18.2 Å². The van der Waals surface area contributed by atoms with Crippen molar-refractivity contribution in [1.29, 1.82) is 0 Å². The van der Waals surface area contributed by atoms with Crippen molar-refractivity contribution in [2.24, 2.45) is 0 Å². The molecule has 1 N–H and O–H groups in total. The van der Waals surface area contributed by atoms with E-state index >= 15 is 0 Å². The third-order valence-corrected chi connectivity index (χ3v) is 9.23. The monoisotopic (exact) mass is 451 g/mol. The van der Waals surface area contributed by atoms with Crippen LogP contribution >= 0.6 is 11.8 Å². The number of piperazine rings is 1. The summed E-state index contributed by atoms with van der Waals surface area (Å²) in [4.78, 5) is 29.8. The Bertz CT molecular complexity index is 920. The van der Waals surface area contributed by atoms with E-state index in [-0.39, 0.29) is 34.1 Å². The van der Waals surface area contributed by atoms with Crippen LogP contribution in [0.2, 0.25) is 0 Å². The van der Waals surface area contributed by atoms with Crippen molar-refractivity contribution in [2.45, 2.75) is 60.1 Å². The van der Waals surface area contributed by atoms with Crippen LogP contribution in [-0.4, -0.2) is 73.3 Å². The van der Waals surface area contributed by atoms with Gasteiger partial charge < -0.3 is 10.2 Å². The van der Waals surface area contributed by atoms with Crippen molar-refractivity contribution in [1.82, 2.24) is 9.80 Å². The van der Waals surface area contributed by atoms with Crippen molar-refractivity contribution in [3.63, 3.8) is 0 Å². The van der Waals surface area contributed by atoms with E-state index in [2.05, 4.69) is 10.2 Å². The Morgan fingerprint density at radius 1 is 1.17 bits per heavy atom. The van der Waals surface area contributed by atoms with Crippen LogP contribution in [0.3, 0.4) is 0 Å². The number of carbonyl (C=O) groups excluding carboxylic acids is 2. The molecule has 1 atom stereocenters. The van der Waals surface area contributed by atoms with E-state index in [4.69, 9.17) is 0 Å². The highest BCUT2D eigenvalue weighted by Gasteiger charge is 2.29. The van der Waals surface area contributed by atoms with Gasteiger partial charge in [0.1, 0.15) is 0 Å². The first-order chi connectivity index (χ1) is 14.3. The van der Waals surface area contributed by atoms with Crippen molar-refractivity contribution in [3.8, 4) is 0 Å². The van der Waals surface area contributed by atoms with Crippen LogP contribution in [0.4, 0.5) is 5.69 Å². The standard InChI is InChI=1S/C21H29N3O4S2/c1-15-21(26)22-18-14-17(6-7-19(18)29-15)30(27,28)13-8-20(25)24-11-9-23(10-12-24)16-4-2-3-5-16/h6-7,14-16H,2-5,8-13H2,1H3,(H,22,26). The van der Waals surface area contributed by atoms with Crippen LogP contribution in [0.1, 0.15) is 39.0 Å². The first-order valence-electron chi connectivity index (χ1n) is 10.7. The fraction of sp³-hybridized carbons (Fsp3) is 0.619. The van der Waals surface area contributed by atoms with Crippen LogP contribution < -0.4 is 5.32 Å². The van der Waals surface area contributed by atoms with Gasteiger partial charge in [0.2, 0.25) is 11.8 Å². The minimum Gasteiger partial charge on any atom is -0.340 e. The Hall–Kier alpha value is -1.58. The normalized spacial score (nSPS) is 23.3. The molecule has 30 heavy (non-hydrogen) atoms. The number of rotatable bonds is 5. The number of amides is 2. The topological polar surface area (TPSA) is 86.8 Å². The highest BCUT2D eigenvalue weighted by atomic mass is 32.2. The second-order valence-electron chi connectivity index (χ2n) is 8.33. The summed E-state index contributed by atoms with van der Waals surface area (Å²) in [7, 11) is -3.60. The van der Waals surface area contributed by atoms with Gasteiger partial charge in [0.25, 0.3) is 0 Å². The molecule has 3 aliphatic rings. The molecule has 2 aliphatic heterocycles. The molecule has 1 saturated heterocycles. The van der Waals surface area contributed by atoms with E-state index in [1.165, 1.54) is 43.5 Å². The van der Waals surface area contributed by atoms with E-state index < -0.39 is 9.84 Å². The molecular formula is C21H29N3O4S2. The Balaban J connectivity index is 1.32. The second-order valence-corrected chi connectivity index (χ2v) is 11.8. The first kappa shape index (κ1) is 21.6. The molecule has 1 aromatic carbocycles. The first-order valence-corrected chi connectivity index (χ1v) is 13.2. The van der Waals surface area contributed by atoms with Gasteiger partial charge in [-0.05, 0) is 38.0 Å². The zero-order chi connectivity index (χ0) is 21.3. The lowest BCUT2D eigenvalue weighted by Gasteiger charge is -2.38. The molecule has 1 aliphatic carbocycles. The molecule has 2 amide bonds. The Labute approximate surface area is 182 Å². The number of hydrogen-bond donors (Lipinski definition) is 1. The predicted molar refractivity (Wildman–Crippen MR) is 117 cm³/mol. The summed E-state index contributed by atoms with van der Waals surface area (Å²) in [6.45, 7) is 4.92. The predicted octanol–water partition coefficient (Wildman–Crippen LogP) is 2.37. The fourth-order valence-electron chi connectivity index (χ4n) is 4.48. The number of sulfone groups is 1. The Morgan fingerprint density at radius 2 is 1.87 bits per heavy atom. The number of nitrogens with one attached hydrogen (secondary N) is 1. The lowest BCUT2D eigenvalue weighted by atomic mass is 10.2. The minimum absolute atomic E-state index is 0.0129. The molecule has 1 unspecified atom stereocenters. The molecule has 2 fully saturated rings. The Kier molecular flexibility index (Phi) is 6.41. The average Bonchev–Trinajstić information content (AvgIpc) is 3.27. The number of fused-ring (bicyclic) bond motifs is 1. The molecule has 9 heteroatoms. The summed E-state index contributed by atoms with van der Waals surface area (Å²) in [5, 5.41) is 2.56. The van der Waals surface area contributed by atoms with E-state index in [1.807, 2.05) is 6.92 Å². The number of nitrogens with zero attached hydrogens (tertiary/aromatic N) is 2. The van der Waals surface area contributed by atoms with E-state index in [0.717, 1.165) is 18.0 Å². The fourth-order valence-corrected chi connectivity index (χ4v) is 6.67. The van der Waals surface area contributed by atoms with Gasteiger partial charge in [-0.3, -0.25) is 14.5 Å². The van der Waals surface area contributed by atoms with Gasteiger partial charge in [-0.1, -0.05) is 12.8 Å². The summed E-state index contributed by atoms with van der Waals surface area (Å²) in [6.07, 6.45) is 5.09. The number of carbonyl (C=O) groups is 2. The molecule has 164 valence electrons. The molecular weight excluding hydrogens is 422 g/mol. The lowest BCUT2D eigenvalue weighted by Crippen LogP contribution is -2.51. The van der Waals surface area contributed by atoms with E-state index in [1.54, 1.807) is 17.0 Å². The van der Waals surface area contributed by atoms with Gasteiger partial charge in [-0.25, -0.2) is 8.42 Å². The van der Waals surface area contributed by atoms with E-state index in [0.29, 0.717) is 24.8 Å². The molecule has 1 aromatic rings. The number of hydrogen-bond acceptors (Lipinski definition) is 6. The average molecular weight is 452 g/mol. The highest BCUT2D eigenvalue weighted by molar-refractivity contribution is 8.01. The van der Waals surface area contributed by atoms with Gasteiger partial charge in [0.15, 0.2) is 9.84 Å². The smallest absolute Gasteiger partial charge is 0.237 e. The third kappa shape index (κ3) is 4.68. The number of benzene rings is 1. The zero-order valence-corrected chi connectivity index (χ0v) is 18.9. The quantitative estimate of drug-likeness (QED) is 0.740. The van der Waals surface area contributed by atoms with Gasteiger partial charge in [-0.2, -0.15) is 0 Å². The molecule has 4 rings (SSSR count). The molecule has 7 nitrogen and oxygen atoms in total. The van der Waals surface area contributed by atoms with Crippen LogP contribution in [-0.2, 0) is 19.4 Å². The lowest BCUT2D eigenvalue weighted by molar-refractivity contribution is -0.132. The molecule has 1 saturated carbocycles. The number of thioether (sulfide) groups is 1. The maximum Gasteiger partial charge on any atom is 0.237 e. The van der Waals surface area contributed by atoms with Gasteiger partial charge >= 0.3 is 0 Å². The van der Waals surface area contributed by atoms with Gasteiger partial charge in [-0.15, -0.1) is 11.8 Å². The van der Waals surface area contributed by atoms with Crippen LogP contribution in [0, 0.1) is 0 Å². The summed E-state index contributed by atoms with van der Waals surface area (Å²) in [5.74, 6) is -0.445. The second kappa shape index (κ2) is 8.88. The maximum absolute atomic E-state index is 12.8. The maximum atomic E-state index is 12.8. The summed E-state index contributed by atoms with van der Waals surface area (Å²) < 4.78 is 25.6. The van der Waals surface area contributed by atoms with Crippen LogP contribution in [0.25, 0.3) is 0 Å². The molecule has 0 spiro atoms. The third-order valence-electron chi connectivity index (χ3n) is 6.33. The van der Waals surface area contributed by atoms with E-state index in [9.17, 15) is 18.0 Å². The minimum atomic E-state index is -3.60. The van der Waals surface area contributed by atoms with Gasteiger partial charge in [0.05, 0.1) is 21.6 Å². The zero-order valence-electron chi connectivity index (χ0n) is 17.3. The van der Waals surface area contributed by atoms with Crippen molar-refractivity contribution in [2.75, 3.05) is 37.2 Å². The SMILES string of the molecule is CC1Sc2ccc(S(=O)(=O)CCC(=O)N3CCN(C4CCCC4)CC3)cc2NC1=O. The van der Waals surface area contributed by atoms with Crippen LogP contribution in [0.5, 0.6) is 0 Å². The Morgan fingerprint density at radius 3 is 2.57 bits per heavy atom. The molecule has 0 bridgehead atoms. The van der Waals surface area contributed by atoms with Crippen LogP contribution in [0.15, 0.2) is 28.0 Å². The summed E-state index contributed by atoms with van der Waals surface area (Å²) in [5.41, 5.74) is 0.526. The highest BCUT2D eigenvalue weighted by Crippen LogP contribution is 2.37. The van der Waals surface area contributed by atoms with Gasteiger partial charge in [0, 0.05) is 43.5 Å². The largest absolute Gasteiger partial charge is 0.340 e. The molecule has 0 aromatic heterocycles. The number of anilines is 1. The summed E-state index contributed by atoms with van der Waals surface area (Å²) in [6, 6.07) is 5.46. The summed E-state index contributed by atoms with van der Waals surface area (Å²) >= 11 is 1.41. The van der Waals surface area contributed by atoms with Crippen molar-refractivity contribution >= 4 is 39.1 Å². The molecule has 2 heterocycles. The van der Waals surface area contributed by atoms with Crippen molar-refractivity contribution < 1.29 is 18.0 Å².